The maximum Gasteiger partial charge on any atom is 0.0237 e. The zero-order valence-corrected chi connectivity index (χ0v) is 15.2. The van der Waals surface area contributed by atoms with Crippen molar-refractivity contribution >= 4 is 12.4 Å². The number of hydrogen-bond donors (Lipinski definition) is 1. The van der Waals surface area contributed by atoms with E-state index in [0.29, 0.717) is 6.04 Å². The molecule has 0 bridgehead atoms. The third kappa shape index (κ3) is 5.75. The predicted octanol–water partition coefficient (Wildman–Crippen LogP) is 3.00. The van der Waals surface area contributed by atoms with Crippen molar-refractivity contribution in [1.29, 1.82) is 0 Å². The topological polar surface area (TPSA) is 18.5 Å². The number of benzene rings is 1. The van der Waals surface area contributed by atoms with Crippen LogP contribution in [-0.4, -0.2) is 55.1 Å². The number of piperidine rings is 1. The average molecular weight is 338 g/mol. The third-order valence-corrected chi connectivity index (χ3v) is 5.39. The Morgan fingerprint density at radius 2 is 1.74 bits per heavy atom. The van der Waals surface area contributed by atoms with Gasteiger partial charge in [-0.1, -0.05) is 30.3 Å². The van der Waals surface area contributed by atoms with Crippen molar-refractivity contribution < 1.29 is 0 Å². The fourth-order valence-electron chi connectivity index (χ4n) is 3.82. The second-order valence-electron chi connectivity index (χ2n) is 7.09. The number of halogens is 1. The van der Waals surface area contributed by atoms with E-state index in [2.05, 4.69) is 52.4 Å². The molecule has 1 aromatic rings. The molecule has 3 nitrogen and oxygen atoms in total. The van der Waals surface area contributed by atoms with Crippen LogP contribution in [0, 0.1) is 5.92 Å². The standard InChI is InChI=1S/C19H31N3.ClH/c1-17-9-12-21(15-19-7-10-20-11-8-19)13-14-22(17)16-18-5-3-2-4-6-18;/h2-6,17,19-20H,7-16H2,1H3;1H. The molecule has 0 amide bonds. The van der Waals surface area contributed by atoms with E-state index >= 15 is 0 Å². The van der Waals surface area contributed by atoms with E-state index in [1.807, 2.05) is 0 Å². The molecule has 2 saturated heterocycles. The first kappa shape index (κ1) is 18.7. The molecule has 2 aliphatic heterocycles. The first-order valence-corrected chi connectivity index (χ1v) is 9.02. The van der Waals surface area contributed by atoms with E-state index in [-0.39, 0.29) is 12.4 Å². The Balaban J connectivity index is 0.00000192. The molecule has 0 aromatic heterocycles. The number of nitrogens with zero attached hydrogens (tertiary/aromatic N) is 2. The predicted molar refractivity (Wildman–Crippen MR) is 100 cm³/mol. The van der Waals surface area contributed by atoms with E-state index < -0.39 is 0 Å². The normalized spacial score (nSPS) is 24.8. The summed E-state index contributed by atoms with van der Waals surface area (Å²) in [6.07, 6.45) is 4.03. The lowest BCUT2D eigenvalue weighted by Gasteiger charge is -2.29. The van der Waals surface area contributed by atoms with E-state index in [1.54, 1.807) is 0 Å². The minimum Gasteiger partial charge on any atom is -0.317 e. The van der Waals surface area contributed by atoms with E-state index in [4.69, 9.17) is 0 Å². The summed E-state index contributed by atoms with van der Waals surface area (Å²) < 4.78 is 0. The molecular formula is C19H32ClN3. The maximum atomic E-state index is 3.48. The minimum absolute atomic E-state index is 0. The highest BCUT2D eigenvalue weighted by Gasteiger charge is 2.23. The van der Waals surface area contributed by atoms with Crippen molar-refractivity contribution in [2.24, 2.45) is 5.92 Å². The molecular weight excluding hydrogens is 306 g/mol. The van der Waals surface area contributed by atoms with Gasteiger partial charge in [-0.3, -0.25) is 4.90 Å². The van der Waals surface area contributed by atoms with Gasteiger partial charge in [0, 0.05) is 32.2 Å². The lowest BCUT2D eigenvalue weighted by atomic mass is 9.97. The van der Waals surface area contributed by atoms with Gasteiger partial charge in [0.25, 0.3) is 0 Å². The highest BCUT2D eigenvalue weighted by Crippen LogP contribution is 2.18. The smallest absolute Gasteiger partial charge is 0.0237 e. The average Bonchev–Trinajstić information content (AvgIpc) is 2.73. The summed E-state index contributed by atoms with van der Waals surface area (Å²) >= 11 is 0. The van der Waals surface area contributed by atoms with Crippen LogP contribution in [0.4, 0.5) is 0 Å². The molecule has 130 valence electrons. The molecule has 2 aliphatic rings. The minimum atomic E-state index is 0. The molecule has 0 spiro atoms. The second-order valence-corrected chi connectivity index (χ2v) is 7.09. The van der Waals surface area contributed by atoms with Crippen molar-refractivity contribution in [2.45, 2.75) is 38.8 Å². The summed E-state index contributed by atoms with van der Waals surface area (Å²) in [7, 11) is 0. The van der Waals surface area contributed by atoms with Crippen LogP contribution in [0.1, 0.15) is 31.7 Å². The lowest BCUT2D eigenvalue weighted by molar-refractivity contribution is 0.193. The van der Waals surface area contributed by atoms with Crippen LogP contribution in [0.3, 0.4) is 0 Å². The van der Waals surface area contributed by atoms with Crippen LogP contribution in [0.5, 0.6) is 0 Å². The van der Waals surface area contributed by atoms with Gasteiger partial charge in [-0.25, -0.2) is 0 Å². The molecule has 0 aliphatic carbocycles. The van der Waals surface area contributed by atoms with Crippen molar-refractivity contribution in [1.82, 2.24) is 15.1 Å². The molecule has 1 atom stereocenters. The third-order valence-electron chi connectivity index (χ3n) is 5.39. The summed E-state index contributed by atoms with van der Waals surface area (Å²) in [4.78, 5) is 5.38. The van der Waals surface area contributed by atoms with Gasteiger partial charge >= 0.3 is 0 Å². The summed E-state index contributed by atoms with van der Waals surface area (Å²) in [5.74, 6) is 0.914. The fourth-order valence-corrected chi connectivity index (χ4v) is 3.82. The van der Waals surface area contributed by atoms with Gasteiger partial charge in [0.2, 0.25) is 0 Å². The molecule has 23 heavy (non-hydrogen) atoms. The van der Waals surface area contributed by atoms with Crippen LogP contribution in [0.25, 0.3) is 0 Å². The quantitative estimate of drug-likeness (QED) is 0.911. The van der Waals surface area contributed by atoms with Crippen molar-refractivity contribution in [3.05, 3.63) is 35.9 Å². The van der Waals surface area contributed by atoms with Crippen molar-refractivity contribution in [3.63, 3.8) is 0 Å². The van der Waals surface area contributed by atoms with E-state index in [0.717, 1.165) is 12.5 Å². The molecule has 1 unspecified atom stereocenters. The maximum absolute atomic E-state index is 3.48. The van der Waals surface area contributed by atoms with Gasteiger partial charge in [0.05, 0.1) is 0 Å². The Kier molecular flexibility index (Phi) is 7.84. The zero-order valence-electron chi connectivity index (χ0n) is 14.4. The number of rotatable bonds is 4. The van der Waals surface area contributed by atoms with E-state index in [1.165, 1.54) is 64.1 Å². The SMILES string of the molecule is CC1CCN(CC2CCNCC2)CCN1Cc1ccccc1.Cl. The summed E-state index contributed by atoms with van der Waals surface area (Å²) in [6, 6.07) is 11.6. The van der Waals surface area contributed by atoms with Gasteiger partial charge in [0.15, 0.2) is 0 Å². The Bertz CT molecular complexity index is 434. The molecule has 0 radical (unpaired) electrons. The molecule has 1 N–H and O–H groups in total. The molecule has 1 aromatic carbocycles. The monoisotopic (exact) mass is 337 g/mol. The lowest BCUT2D eigenvalue weighted by Crippen LogP contribution is -2.38. The van der Waals surface area contributed by atoms with Crippen molar-refractivity contribution in [2.75, 3.05) is 39.3 Å². The van der Waals surface area contributed by atoms with Crippen LogP contribution >= 0.6 is 12.4 Å². The van der Waals surface area contributed by atoms with Crippen LogP contribution in [0.2, 0.25) is 0 Å². The van der Waals surface area contributed by atoms with E-state index in [9.17, 15) is 0 Å². The molecule has 0 saturated carbocycles. The Morgan fingerprint density at radius 1 is 1.00 bits per heavy atom. The largest absolute Gasteiger partial charge is 0.317 e. The molecule has 2 heterocycles. The molecule has 4 heteroatoms. The van der Waals surface area contributed by atoms with Gasteiger partial charge in [-0.2, -0.15) is 0 Å². The fraction of sp³-hybridized carbons (Fsp3) is 0.684. The van der Waals surface area contributed by atoms with Gasteiger partial charge in [-0.05, 0) is 57.3 Å². The molecule has 3 rings (SSSR count). The van der Waals surface area contributed by atoms with Crippen LogP contribution in [-0.2, 0) is 6.54 Å². The zero-order chi connectivity index (χ0) is 15.2. The first-order chi connectivity index (χ1) is 10.8. The Morgan fingerprint density at radius 3 is 2.48 bits per heavy atom. The van der Waals surface area contributed by atoms with Gasteiger partial charge in [-0.15, -0.1) is 12.4 Å². The summed E-state index contributed by atoms with van der Waals surface area (Å²) in [6.45, 7) is 11.0. The Hall–Kier alpha value is -0.610. The highest BCUT2D eigenvalue weighted by atomic mass is 35.5. The second kappa shape index (κ2) is 9.63. The summed E-state index contributed by atoms with van der Waals surface area (Å²) in [5, 5.41) is 3.48. The van der Waals surface area contributed by atoms with Gasteiger partial charge in [0.1, 0.15) is 0 Å². The van der Waals surface area contributed by atoms with Crippen LogP contribution < -0.4 is 5.32 Å². The summed E-state index contributed by atoms with van der Waals surface area (Å²) in [5.41, 5.74) is 1.45. The Labute approximate surface area is 147 Å². The van der Waals surface area contributed by atoms with Crippen LogP contribution in [0.15, 0.2) is 30.3 Å². The number of nitrogens with one attached hydrogen (secondary N) is 1. The highest BCUT2D eigenvalue weighted by molar-refractivity contribution is 5.85. The number of hydrogen-bond acceptors (Lipinski definition) is 3. The first-order valence-electron chi connectivity index (χ1n) is 9.02. The van der Waals surface area contributed by atoms with Crippen molar-refractivity contribution in [3.8, 4) is 0 Å². The van der Waals surface area contributed by atoms with Gasteiger partial charge < -0.3 is 10.2 Å². The molecule has 2 fully saturated rings.